The molecule has 1 amide bonds. The van der Waals surface area contributed by atoms with E-state index in [0.29, 0.717) is 12.1 Å². The third-order valence-corrected chi connectivity index (χ3v) is 4.63. The zero-order chi connectivity index (χ0) is 20.5. The number of aryl methyl sites for hydroxylation is 1. The van der Waals surface area contributed by atoms with Gasteiger partial charge >= 0.3 is 0 Å². The van der Waals surface area contributed by atoms with Crippen molar-refractivity contribution in [3.05, 3.63) is 53.1 Å². The molecule has 0 bridgehead atoms. The molecule has 0 heterocycles. The van der Waals surface area contributed by atoms with Gasteiger partial charge in [0.15, 0.2) is 11.5 Å². The van der Waals surface area contributed by atoms with Crippen molar-refractivity contribution in [3.8, 4) is 17.2 Å². The van der Waals surface area contributed by atoms with Gasteiger partial charge in [-0.3, -0.25) is 4.79 Å². The number of nitrogens with one attached hydrogen (secondary N) is 1. The molecule has 2 aromatic carbocycles. The summed E-state index contributed by atoms with van der Waals surface area (Å²) in [6.07, 6.45) is 1.74. The lowest BCUT2D eigenvalue weighted by Gasteiger charge is -2.17. The second kappa shape index (κ2) is 10.6. The number of phenols is 1. The Labute approximate surface area is 167 Å². The molecule has 0 atom stereocenters. The van der Waals surface area contributed by atoms with E-state index in [4.69, 9.17) is 9.47 Å². The van der Waals surface area contributed by atoms with E-state index >= 15 is 0 Å². The first-order valence-corrected chi connectivity index (χ1v) is 9.42. The predicted molar refractivity (Wildman–Crippen MR) is 111 cm³/mol. The molecule has 0 aliphatic rings. The molecule has 2 rings (SSSR count). The minimum Gasteiger partial charge on any atom is -0.507 e. The topological polar surface area (TPSA) is 71.0 Å². The highest BCUT2D eigenvalue weighted by atomic mass is 16.5. The standard InChI is InChI=1S/C22H30N2O4/c1-16-6-8-18(19(25)14-16)22(26)23-11-5-12-24(2)13-10-17-7-9-20(27-3)21(15-17)28-4/h6-9,14-15,25H,5,10-13H2,1-4H3,(H,23,26). The maximum Gasteiger partial charge on any atom is 0.255 e. The molecular formula is C22H30N2O4. The fourth-order valence-electron chi connectivity index (χ4n) is 2.95. The van der Waals surface area contributed by atoms with Crippen LogP contribution in [0.5, 0.6) is 17.2 Å². The summed E-state index contributed by atoms with van der Waals surface area (Å²) in [5, 5.41) is 12.7. The van der Waals surface area contributed by atoms with Crippen LogP contribution in [0.4, 0.5) is 0 Å². The number of methoxy groups -OCH3 is 2. The van der Waals surface area contributed by atoms with E-state index < -0.39 is 0 Å². The van der Waals surface area contributed by atoms with Gasteiger partial charge in [0.05, 0.1) is 19.8 Å². The third kappa shape index (κ3) is 6.16. The SMILES string of the molecule is COc1ccc(CCN(C)CCCNC(=O)c2ccc(C)cc2O)cc1OC. The Balaban J connectivity index is 1.71. The minimum atomic E-state index is -0.245. The molecule has 0 aliphatic heterocycles. The lowest BCUT2D eigenvalue weighted by atomic mass is 10.1. The van der Waals surface area contributed by atoms with Crippen molar-refractivity contribution in [1.29, 1.82) is 0 Å². The summed E-state index contributed by atoms with van der Waals surface area (Å²) in [7, 11) is 5.33. The van der Waals surface area contributed by atoms with E-state index in [-0.39, 0.29) is 11.7 Å². The zero-order valence-electron chi connectivity index (χ0n) is 17.1. The Morgan fingerprint density at radius 3 is 2.50 bits per heavy atom. The maximum atomic E-state index is 12.1. The number of benzene rings is 2. The number of phenolic OH excluding ortho intramolecular Hbond substituents is 1. The van der Waals surface area contributed by atoms with Gasteiger partial charge in [0.1, 0.15) is 5.75 Å². The van der Waals surface area contributed by atoms with Gasteiger partial charge in [0, 0.05) is 13.1 Å². The summed E-state index contributed by atoms with van der Waals surface area (Å²) >= 11 is 0. The van der Waals surface area contributed by atoms with Gasteiger partial charge < -0.3 is 24.8 Å². The molecule has 2 N–H and O–H groups in total. The molecule has 0 fully saturated rings. The molecule has 152 valence electrons. The largest absolute Gasteiger partial charge is 0.507 e. The number of rotatable bonds is 10. The molecule has 0 aromatic heterocycles. The van der Waals surface area contributed by atoms with E-state index in [1.807, 2.05) is 31.2 Å². The van der Waals surface area contributed by atoms with Crippen molar-refractivity contribution in [3.63, 3.8) is 0 Å². The summed E-state index contributed by atoms with van der Waals surface area (Å²) < 4.78 is 10.6. The molecular weight excluding hydrogens is 356 g/mol. The molecule has 28 heavy (non-hydrogen) atoms. The van der Waals surface area contributed by atoms with Gasteiger partial charge in [-0.2, -0.15) is 0 Å². The monoisotopic (exact) mass is 386 g/mol. The van der Waals surface area contributed by atoms with Crippen LogP contribution in [0.1, 0.15) is 27.9 Å². The Morgan fingerprint density at radius 2 is 1.82 bits per heavy atom. The van der Waals surface area contributed by atoms with Crippen LogP contribution in [0.15, 0.2) is 36.4 Å². The van der Waals surface area contributed by atoms with Gasteiger partial charge in [-0.1, -0.05) is 12.1 Å². The highest BCUT2D eigenvalue weighted by molar-refractivity contribution is 5.96. The smallest absolute Gasteiger partial charge is 0.255 e. The van der Waals surface area contributed by atoms with Crippen molar-refractivity contribution < 1.29 is 19.4 Å². The zero-order valence-corrected chi connectivity index (χ0v) is 17.1. The Kier molecular flexibility index (Phi) is 8.14. The number of ether oxygens (including phenoxy) is 2. The van der Waals surface area contributed by atoms with Crippen molar-refractivity contribution in [2.24, 2.45) is 0 Å². The molecule has 0 radical (unpaired) electrons. The van der Waals surface area contributed by atoms with Crippen LogP contribution in [0.3, 0.4) is 0 Å². The summed E-state index contributed by atoms with van der Waals surface area (Å²) in [4.78, 5) is 14.4. The first kappa shape index (κ1) is 21.6. The first-order valence-electron chi connectivity index (χ1n) is 9.42. The first-order chi connectivity index (χ1) is 13.4. The molecule has 0 unspecified atom stereocenters. The molecule has 0 saturated heterocycles. The van der Waals surface area contributed by atoms with Crippen LogP contribution in [-0.2, 0) is 6.42 Å². The van der Waals surface area contributed by atoms with E-state index in [1.54, 1.807) is 26.4 Å². The van der Waals surface area contributed by atoms with Crippen molar-refractivity contribution in [2.45, 2.75) is 19.8 Å². The number of amides is 1. The molecule has 6 nitrogen and oxygen atoms in total. The van der Waals surface area contributed by atoms with E-state index in [2.05, 4.69) is 17.3 Å². The fraction of sp³-hybridized carbons (Fsp3) is 0.409. The van der Waals surface area contributed by atoms with Crippen molar-refractivity contribution in [2.75, 3.05) is 40.9 Å². The number of carbonyl (C=O) groups is 1. The summed E-state index contributed by atoms with van der Waals surface area (Å²) in [5.41, 5.74) is 2.42. The molecule has 6 heteroatoms. The molecule has 0 saturated carbocycles. The average Bonchev–Trinajstić information content (AvgIpc) is 2.69. The van der Waals surface area contributed by atoms with Crippen LogP contribution in [0.25, 0.3) is 0 Å². The number of hydrogen-bond acceptors (Lipinski definition) is 5. The quantitative estimate of drug-likeness (QED) is 0.614. The van der Waals surface area contributed by atoms with E-state index in [1.165, 1.54) is 5.56 Å². The highest BCUT2D eigenvalue weighted by Crippen LogP contribution is 2.27. The van der Waals surface area contributed by atoms with Crippen molar-refractivity contribution in [1.82, 2.24) is 10.2 Å². The third-order valence-electron chi connectivity index (χ3n) is 4.63. The number of likely N-dealkylation sites (N-methyl/N-ethyl adjacent to an activating group) is 1. The van der Waals surface area contributed by atoms with E-state index in [9.17, 15) is 9.90 Å². The van der Waals surface area contributed by atoms with Gasteiger partial charge in [-0.15, -0.1) is 0 Å². The Morgan fingerprint density at radius 1 is 1.07 bits per heavy atom. The number of hydrogen-bond donors (Lipinski definition) is 2. The van der Waals surface area contributed by atoms with Gasteiger partial charge in [0.25, 0.3) is 5.91 Å². The van der Waals surface area contributed by atoms with Gasteiger partial charge in [-0.25, -0.2) is 0 Å². The summed E-state index contributed by atoms with van der Waals surface area (Å²) in [5.74, 6) is 1.25. The molecule has 0 aliphatic carbocycles. The Bertz CT molecular complexity index is 792. The summed E-state index contributed by atoms with van der Waals surface area (Å²) in [6, 6.07) is 11.0. The van der Waals surface area contributed by atoms with Gasteiger partial charge in [0.2, 0.25) is 0 Å². The van der Waals surface area contributed by atoms with Crippen LogP contribution in [-0.4, -0.2) is 56.8 Å². The fourth-order valence-corrected chi connectivity index (χ4v) is 2.95. The minimum absolute atomic E-state index is 0.0181. The van der Waals surface area contributed by atoms with Crippen LogP contribution in [0.2, 0.25) is 0 Å². The van der Waals surface area contributed by atoms with Gasteiger partial charge in [-0.05, 0) is 68.8 Å². The normalized spacial score (nSPS) is 10.8. The number of aromatic hydroxyl groups is 1. The maximum absolute atomic E-state index is 12.1. The van der Waals surface area contributed by atoms with E-state index in [0.717, 1.165) is 43.0 Å². The van der Waals surface area contributed by atoms with Crippen LogP contribution in [0, 0.1) is 6.92 Å². The molecule has 2 aromatic rings. The second-order valence-electron chi connectivity index (χ2n) is 6.87. The number of nitrogens with zero attached hydrogens (tertiary/aromatic N) is 1. The van der Waals surface area contributed by atoms with Crippen LogP contribution < -0.4 is 14.8 Å². The molecule has 0 spiro atoms. The second-order valence-corrected chi connectivity index (χ2v) is 6.87. The average molecular weight is 386 g/mol. The highest BCUT2D eigenvalue weighted by Gasteiger charge is 2.10. The number of carbonyl (C=O) groups excluding carboxylic acids is 1. The van der Waals surface area contributed by atoms with Crippen molar-refractivity contribution >= 4 is 5.91 Å². The Hall–Kier alpha value is -2.73. The lowest BCUT2D eigenvalue weighted by molar-refractivity contribution is 0.0949. The predicted octanol–water partition coefficient (Wildman–Crippen LogP) is 3.01. The lowest BCUT2D eigenvalue weighted by Crippen LogP contribution is -2.29. The van der Waals surface area contributed by atoms with Crippen LogP contribution >= 0.6 is 0 Å². The summed E-state index contributed by atoms with van der Waals surface area (Å²) in [6.45, 7) is 4.21.